The number of carbonyl (C=O) groups excluding carboxylic acids is 1. The normalized spacial score (nSPS) is 23.6. The quantitative estimate of drug-likeness (QED) is 0.769. The van der Waals surface area contributed by atoms with E-state index in [0.29, 0.717) is 12.3 Å². The van der Waals surface area contributed by atoms with Gasteiger partial charge in [0.25, 0.3) is 0 Å². The van der Waals surface area contributed by atoms with Crippen LogP contribution in [-0.2, 0) is 14.6 Å². The third-order valence-electron chi connectivity index (χ3n) is 3.24. The number of rotatable bonds is 4. The van der Waals surface area contributed by atoms with E-state index < -0.39 is 20.6 Å². The van der Waals surface area contributed by atoms with E-state index in [9.17, 15) is 13.2 Å². The van der Waals surface area contributed by atoms with Crippen molar-refractivity contribution in [3.63, 3.8) is 0 Å². The summed E-state index contributed by atoms with van der Waals surface area (Å²) in [4.78, 5) is 13.5. The molecular formula is C11H21NO3S2. The van der Waals surface area contributed by atoms with E-state index in [1.165, 1.54) is 6.26 Å². The van der Waals surface area contributed by atoms with Gasteiger partial charge < -0.3 is 0 Å². The average Bonchev–Trinajstić information content (AvgIpc) is 2.15. The molecule has 0 radical (unpaired) electrons. The van der Waals surface area contributed by atoms with E-state index in [0.717, 1.165) is 12.3 Å². The Balaban J connectivity index is 2.84. The molecule has 1 aliphatic heterocycles. The second kappa shape index (κ2) is 5.28. The number of Topliss-reactive ketones (excluding diaryl/α,β-unsaturated/α-hetero) is 1. The van der Waals surface area contributed by atoms with Crippen LogP contribution >= 0.6 is 11.8 Å². The van der Waals surface area contributed by atoms with E-state index >= 15 is 0 Å². The Hall–Kier alpha value is -0.0700. The molecular weight excluding hydrogens is 258 g/mol. The van der Waals surface area contributed by atoms with Crippen LogP contribution in [0.5, 0.6) is 0 Å². The van der Waals surface area contributed by atoms with Gasteiger partial charge in [0.05, 0.1) is 0 Å². The summed E-state index contributed by atoms with van der Waals surface area (Å²) < 4.78 is 23.4. The molecule has 1 rings (SSSR count). The molecule has 100 valence electrons. The van der Waals surface area contributed by atoms with Gasteiger partial charge in [0, 0.05) is 36.3 Å². The molecule has 0 saturated carbocycles. The Morgan fingerprint density at radius 1 is 1.47 bits per heavy atom. The number of hydrogen-bond acceptors (Lipinski definition) is 5. The van der Waals surface area contributed by atoms with Crippen LogP contribution in [0.25, 0.3) is 0 Å². The molecule has 0 aliphatic carbocycles. The zero-order valence-electron chi connectivity index (χ0n) is 10.9. The van der Waals surface area contributed by atoms with Crippen molar-refractivity contribution in [3.8, 4) is 0 Å². The molecule has 1 atom stereocenters. The van der Waals surface area contributed by atoms with Gasteiger partial charge in [-0.25, -0.2) is 8.42 Å². The third kappa shape index (κ3) is 3.96. The molecule has 0 N–H and O–H groups in total. The smallest absolute Gasteiger partial charge is 0.164 e. The van der Waals surface area contributed by atoms with Crippen LogP contribution in [0.3, 0.4) is 0 Å². The number of thioether (sulfide) groups is 1. The van der Waals surface area contributed by atoms with Crippen molar-refractivity contribution in [2.45, 2.75) is 26.1 Å². The molecule has 1 fully saturated rings. The predicted octanol–water partition coefficient (Wildman–Crippen LogP) is 1.02. The summed E-state index contributed by atoms with van der Waals surface area (Å²) in [7, 11) is -3.08. The van der Waals surface area contributed by atoms with Crippen LogP contribution in [0.1, 0.15) is 20.8 Å². The molecule has 4 nitrogen and oxygen atoms in total. The first-order valence-corrected chi connectivity index (χ1v) is 8.77. The van der Waals surface area contributed by atoms with Crippen molar-refractivity contribution < 1.29 is 13.2 Å². The van der Waals surface area contributed by atoms with Crippen molar-refractivity contribution >= 4 is 27.4 Å². The van der Waals surface area contributed by atoms with E-state index in [1.807, 2.05) is 18.7 Å². The predicted molar refractivity (Wildman–Crippen MR) is 72.0 cm³/mol. The SMILES string of the molecule is CC(=O)C(C)(C)CN1CCSCC1S(C)(=O)=O. The average molecular weight is 279 g/mol. The molecule has 0 aromatic carbocycles. The lowest BCUT2D eigenvalue weighted by molar-refractivity contribution is -0.125. The largest absolute Gasteiger partial charge is 0.299 e. The first-order chi connectivity index (χ1) is 7.64. The standard InChI is InChI=1S/C11H21NO3S2/c1-9(13)11(2,3)8-12-5-6-16-7-10(12)17(4,14)15/h10H,5-8H2,1-4H3. The van der Waals surface area contributed by atoms with Gasteiger partial charge in [0.2, 0.25) is 0 Å². The number of ketones is 1. The van der Waals surface area contributed by atoms with Crippen LogP contribution in [0.15, 0.2) is 0 Å². The highest BCUT2D eigenvalue weighted by atomic mass is 32.2. The maximum absolute atomic E-state index is 11.7. The first-order valence-electron chi connectivity index (χ1n) is 5.66. The molecule has 17 heavy (non-hydrogen) atoms. The van der Waals surface area contributed by atoms with Crippen molar-refractivity contribution in [3.05, 3.63) is 0 Å². The van der Waals surface area contributed by atoms with Crippen LogP contribution in [0.2, 0.25) is 0 Å². The minimum atomic E-state index is -3.08. The summed E-state index contributed by atoms with van der Waals surface area (Å²) in [5.41, 5.74) is -0.481. The number of sulfone groups is 1. The van der Waals surface area contributed by atoms with Gasteiger partial charge in [-0.3, -0.25) is 9.69 Å². The third-order valence-corrected chi connectivity index (χ3v) is 5.92. The van der Waals surface area contributed by atoms with E-state index in [1.54, 1.807) is 18.7 Å². The maximum atomic E-state index is 11.7. The zero-order chi connectivity index (χ0) is 13.3. The fraction of sp³-hybridized carbons (Fsp3) is 0.909. The highest BCUT2D eigenvalue weighted by molar-refractivity contribution is 8.00. The van der Waals surface area contributed by atoms with Gasteiger partial charge in [-0.2, -0.15) is 11.8 Å². The number of nitrogens with zero attached hydrogens (tertiary/aromatic N) is 1. The van der Waals surface area contributed by atoms with Crippen LogP contribution in [0.4, 0.5) is 0 Å². The van der Waals surface area contributed by atoms with Gasteiger partial charge >= 0.3 is 0 Å². The highest BCUT2D eigenvalue weighted by Gasteiger charge is 2.35. The topological polar surface area (TPSA) is 54.5 Å². The van der Waals surface area contributed by atoms with Gasteiger partial charge in [-0.1, -0.05) is 13.8 Å². The Bertz CT molecular complexity index is 390. The summed E-state index contributed by atoms with van der Waals surface area (Å²) in [6, 6.07) is 0. The fourth-order valence-electron chi connectivity index (χ4n) is 1.81. The maximum Gasteiger partial charge on any atom is 0.164 e. The van der Waals surface area contributed by atoms with Crippen molar-refractivity contribution in [2.24, 2.45) is 5.41 Å². The van der Waals surface area contributed by atoms with Crippen LogP contribution in [-0.4, -0.2) is 55.3 Å². The number of carbonyl (C=O) groups is 1. The minimum Gasteiger partial charge on any atom is -0.299 e. The first kappa shape index (κ1) is 15.0. The molecule has 1 aliphatic rings. The lowest BCUT2D eigenvalue weighted by Gasteiger charge is -2.38. The van der Waals surface area contributed by atoms with Crippen molar-refractivity contribution in [1.29, 1.82) is 0 Å². The van der Waals surface area contributed by atoms with E-state index in [2.05, 4.69) is 0 Å². The summed E-state index contributed by atoms with van der Waals surface area (Å²) in [6.45, 7) is 6.56. The second-order valence-corrected chi connectivity index (χ2v) is 8.62. The molecule has 1 heterocycles. The minimum absolute atomic E-state index is 0.1000. The second-order valence-electron chi connectivity index (χ2n) is 5.27. The molecule has 0 amide bonds. The number of hydrogen-bond donors (Lipinski definition) is 0. The summed E-state index contributed by atoms with van der Waals surface area (Å²) >= 11 is 1.66. The molecule has 0 spiro atoms. The van der Waals surface area contributed by atoms with Crippen LogP contribution in [0, 0.1) is 5.41 Å². The molecule has 0 aromatic rings. The van der Waals surface area contributed by atoms with E-state index in [4.69, 9.17) is 0 Å². The lowest BCUT2D eigenvalue weighted by Crippen LogP contribution is -2.51. The summed E-state index contributed by atoms with van der Waals surface area (Å²) in [5.74, 6) is 1.63. The molecule has 6 heteroatoms. The Morgan fingerprint density at radius 3 is 2.53 bits per heavy atom. The zero-order valence-corrected chi connectivity index (χ0v) is 12.5. The summed E-state index contributed by atoms with van der Waals surface area (Å²) in [5, 5.41) is -0.445. The van der Waals surface area contributed by atoms with Crippen molar-refractivity contribution in [1.82, 2.24) is 4.90 Å². The Morgan fingerprint density at radius 2 is 2.06 bits per heavy atom. The highest BCUT2D eigenvalue weighted by Crippen LogP contribution is 2.26. The lowest BCUT2D eigenvalue weighted by atomic mass is 9.88. The Kier molecular flexibility index (Phi) is 4.66. The summed E-state index contributed by atoms with van der Waals surface area (Å²) in [6.07, 6.45) is 1.28. The molecule has 1 saturated heterocycles. The van der Waals surface area contributed by atoms with Crippen molar-refractivity contribution in [2.75, 3.05) is 30.9 Å². The van der Waals surface area contributed by atoms with E-state index in [-0.39, 0.29) is 5.78 Å². The molecule has 0 aromatic heterocycles. The monoisotopic (exact) mass is 279 g/mol. The van der Waals surface area contributed by atoms with Gasteiger partial charge in [-0.15, -0.1) is 0 Å². The molecule has 0 bridgehead atoms. The van der Waals surface area contributed by atoms with Gasteiger partial charge in [0.1, 0.15) is 11.2 Å². The van der Waals surface area contributed by atoms with Gasteiger partial charge in [-0.05, 0) is 6.92 Å². The van der Waals surface area contributed by atoms with Crippen LogP contribution < -0.4 is 0 Å². The fourth-order valence-corrected chi connectivity index (χ4v) is 4.75. The molecule has 1 unspecified atom stereocenters. The Labute approximate surface area is 108 Å². The van der Waals surface area contributed by atoms with Gasteiger partial charge in [0.15, 0.2) is 9.84 Å².